The van der Waals surface area contributed by atoms with E-state index in [4.69, 9.17) is 10.3 Å². The van der Waals surface area contributed by atoms with Crippen molar-refractivity contribution in [3.05, 3.63) is 89.7 Å². The van der Waals surface area contributed by atoms with E-state index in [1.54, 1.807) is 12.1 Å². The molecule has 0 atom stereocenters. The van der Waals surface area contributed by atoms with Crippen molar-refractivity contribution in [2.24, 2.45) is 0 Å². The average Bonchev–Trinajstić information content (AvgIpc) is 3.28. The first-order valence-electron chi connectivity index (χ1n) is 9.35. The van der Waals surface area contributed by atoms with Crippen LogP contribution in [0.2, 0.25) is 0 Å². The number of carbonyl (C=O) groups excluding carboxylic acids is 1. The van der Waals surface area contributed by atoms with Gasteiger partial charge in [0.2, 0.25) is 0 Å². The summed E-state index contributed by atoms with van der Waals surface area (Å²) in [7, 11) is 0. The molecule has 2 aromatic heterocycles. The molecule has 0 unspecified atom stereocenters. The Bertz CT molecular complexity index is 1250. The SMILES string of the molecule is N#Cc1cc(C(=O)Nc2ccccc2)c(N)nc1SCc1cc(-c2ccccc2)no1. The fraction of sp³-hybridized carbons (Fsp3) is 0.0435. The lowest BCUT2D eigenvalue weighted by Crippen LogP contribution is -2.15. The minimum Gasteiger partial charge on any atom is -0.383 e. The number of hydrogen-bond donors (Lipinski definition) is 2. The first kappa shape index (κ1) is 20.2. The highest BCUT2D eigenvalue weighted by Gasteiger charge is 2.17. The predicted octanol–water partition coefficient (Wildman–Crippen LogP) is 4.74. The molecule has 0 bridgehead atoms. The smallest absolute Gasteiger partial charge is 0.259 e. The molecule has 0 aliphatic rings. The van der Waals surface area contributed by atoms with Crippen molar-refractivity contribution >= 4 is 29.2 Å². The summed E-state index contributed by atoms with van der Waals surface area (Å²) in [6, 6.07) is 24.1. The van der Waals surface area contributed by atoms with E-state index in [2.05, 4.69) is 21.5 Å². The van der Waals surface area contributed by atoms with Crippen molar-refractivity contribution in [3.63, 3.8) is 0 Å². The van der Waals surface area contributed by atoms with Gasteiger partial charge in [-0.2, -0.15) is 5.26 Å². The third-order valence-electron chi connectivity index (χ3n) is 4.39. The maximum absolute atomic E-state index is 12.6. The Hall–Kier alpha value is -4.09. The van der Waals surface area contributed by atoms with Gasteiger partial charge in [-0.05, 0) is 18.2 Å². The molecule has 2 heterocycles. The van der Waals surface area contributed by atoms with Crippen LogP contribution in [-0.2, 0) is 5.75 Å². The third-order valence-corrected chi connectivity index (χ3v) is 5.41. The molecule has 0 saturated heterocycles. The van der Waals surface area contributed by atoms with Crippen molar-refractivity contribution in [1.29, 1.82) is 5.26 Å². The number of nitriles is 1. The number of thioether (sulfide) groups is 1. The molecule has 0 aliphatic heterocycles. The van der Waals surface area contributed by atoms with Crippen LogP contribution in [-0.4, -0.2) is 16.0 Å². The number of para-hydroxylation sites is 1. The van der Waals surface area contributed by atoms with Crippen LogP contribution < -0.4 is 11.1 Å². The lowest BCUT2D eigenvalue weighted by Gasteiger charge is -2.09. The van der Waals surface area contributed by atoms with E-state index in [1.165, 1.54) is 17.8 Å². The Morgan fingerprint density at radius 3 is 2.52 bits per heavy atom. The van der Waals surface area contributed by atoms with Crippen molar-refractivity contribution < 1.29 is 9.32 Å². The summed E-state index contributed by atoms with van der Waals surface area (Å²) in [6.07, 6.45) is 0. The van der Waals surface area contributed by atoms with E-state index >= 15 is 0 Å². The number of anilines is 2. The van der Waals surface area contributed by atoms with Crippen LogP contribution in [0, 0.1) is 11.3 Å². The summed E-state index contributed by atoms with van der Waals surface area (Å²) >= 11 is 1.29. The molecule has 2 aromatic carbocycles. The summed E-state index contributed by atoms with van der Waals surface area (Å²) in [6.45, 7) is 0. The maximum Gasteiger partial charge on any atom is 0.259 e. The topological polar surface area (TPSA) is 118 Å². The fourth-order valence-corrected chi connectivity index (χ4v) is 3.71. The summed E-state index contributed by atoms with van der Waals surface area (Å²) in [5.41, 5.74) is 8.75. The molecule has 3 N–H and O–H groups in total. The molecule has 4 aromatic rings. The van der Waals surface area contributed by atoms with Gasteiger partial charge in [-0.3, -0.25) is 4.79 Å². The number of nitrogens with zero attached hydrogens (tertiary/aromatic N) is 3. The van der Waals surface area contributed by atoms with Crippen LogP contribution in [0.3, 0.4) is 0 Å². The number of hydrogen-bond acceptors (Lipinski definition) is 7. The van der Waals surface area contributed by atoms with E-state index in [0.717, 1.165) is 11.3 Å². The van der Waals surface area contributed by atoms with Crippen LogP contribution >= 0.6 is 11.8 Å². The second-order valence-corrected chi connectivity index (χ2v) is 7.50. The van der Waals surface area contributed by atoms with Gasteiger partial charge in [0.1, 0.15) is 28.4 Å². The number of amides is 1. The van der Waals surface area contributed by atoms with E-state index < -0.39 is 5.91 Å². The number of nitrogens with two attached hydrogens (primary N) is 1. The molecule has 0 aliphatic carbocycles. The van der Waals surface area contributed by atoms with Crippen LogP contribution in [0.5, 0.6) is 0 Å². The molecular formula is C23H17N5O2S. The van der Waals surface area contributed by atoms with Crippen LogP contribution in [0.15, 0.2) is 82.3 Å². The van der Waals surface area contributed by atoms with Crippen LogP contribution in [0.1, 0.15) is 21.7 Å². The molecule has 0 fully saturated rings. The largest absolute Gasteiger partial charge is 0.383 e. The van der Waals surface area contributed by atoms with Crippen LogP contribution in [0.25, 0.3) is 11.3 Å². The minimum absolute atomic E-state index is 0.0532. The number of nitrogen functional groups attached to an aromatic ring is 1. The van der Waals surface area contributed by atoms with Gasteiger partial charge in [0.15, 0.2) is 0 Å². The maximum atomic E-state index is 12.6. The molecule has 7 nitrogen and oxygen atoms in total. The number of benzene rings is 2. The van der Waals surface area contributed by atoms with Gasteiger partial charge >= 0.3 is 0 Å². The van der Waals surface area contributed by atoms with E-state index in [9.17, 15) is 10.1 Å². The first-order chi connectivity index (χ1) is 15.1. The Labute approximate surface area is 182 Å². The van der Waals surface area contributed by atoms with Crippen molar-refractivity contribution in [2.75, 3.05) is 11.1 Å². The standard InChI is InChI=1S/C23H17N5O2S/c24-13-16-11-19(22(29)26-17-9-5-2-6-10-17)21(25)27-23(16)31-14-18-12-20(28-30-18)15-7-3-1-4-8-15/h1-12H,14H2,(H2,25,27)(H,26,29). The lowest BCUT2D eigenvalue weighted by molar-refractivity contribution is 0.102. The zero-order valence-corrected chi connectivity index (χ0v) is 17.1. The van der Waals surface area contributed by atoms with E-state index in [0.29, 0.717) is 22.2 Å². The second kappa shape index (κ2) is 9.15. The Kier molecular flexibility index (Phi) is 5.96. The highest BCUT2D eigenvalue weighted by Crippen LogP contribution is 2.29. The van der Waals surface area contributed by atoms with Gasteiger partial charge in [-0.1, -0.05) is 65.4 Å². The highest BCUT2D eigenvalue weighted by molar-refractivity contribution is 7.98. The second-order valence-electron chi connectivity index (χ2n) is 6.54. The first-order valence-corrected chi connectivity index (χ1v) is 10.3. The molecule has 0 spiro atoms. The van der Waals surface area contributed by atoms with E-state index in [1.807, 2.05) is 54.6 Å². The Morgan fingerprint density at radius 2 is 1.81 bits per heavy atom. The van der Waals surface area contributed by atoms with E-state index in [-0.39, 0.29) is 16.9 Å². The Morgan fingerprint density at radius 1 is 1.10 bits per heavy atom. The third kappa shape index (κ3) is 4.74. The fourth-order valence-electron chi connectivity index (χ4n) is 2.87. The molecule has 0 radical (unpaired) electrons. The monoisotopic (exact) mass is 427 g/mol. The van der Waals surface area contributed by atoms with Crippen molar-refractivity contribution in [3.8, 4) is 17.3 Å². The predicted molar refractivity (Wildman–Crippen MR) is 119 cm³/mol. The lowest BCUT2D eigenvalue weighted by atomic mass is 10.1. The normalized spacial score (nSPS) is 10.4. The van der Waals surface area contributed by atoms with Gasteiger partial charge in [0.25, 0.3) is 5.91 Å². The average molecular weight is 427 g/mol. The Balaban J connectivity index is 1.49. The number of carbonyl (C=O) groups is 1. The molecule has 1 amide bonds. The number of pyridine rings is 1. The molecule has 31 heavy (non-hydrogen) atoms. The van der Waals surface area contributed by atoms with Gasteiger partial charge in [0, 0.05) is 17.3 Å². The molecule has 4 rings (SSSR count). The molecule has 152 valence electrons. The number of rotatable bonds is 6. The molecule has 8 heteroatoms. The summed E-state index contributed by atoms with van der Waals surface area (Å²) in [5.74, 6) is 0.680. The summed E-state index contributed by atoms with van der Waals surface area (Å²) in [5, 5.41) is 16.8. The van der Waals surface area contributed by atoms with Gasteiger partial charge in [0.05, 0.1) is 16.9 Å². The quantitative estimate of drug-likeness (QED) is 0.427. The van der Waals surface area contributed by atoms with Crippen LogP contribution in [0.4, 0.5) is 11.5 Å². The highest BCUT2D eigenvalue weighted by atomic mass is 32.2. The van der Waals surface area contributed by atoms with Crippen molar-refractivity contribution in [2.45, 2.75) is 10.8 Å². The zero-order valence-electron chi connectivity index (χ0n) is 16.3. The minimum atomic E-state index is -0.424. The van der Waals surface area contributed by atoms with Gasteiger partial charge < -0.3 is 15.6 Å². The molecular weight excluding hydrogens is 410 g/mol. The molecule has 0 saturated carbocycles. The summed E-state index contributed by atoms with van der Waals surface area (Å²) < 4.78 is 5.40. The van der Waals surface area contributed by atoms with Crippen molar-refractivity contribution in [1.82, 2.24) is 10.1 Å². The zero-order chi connectivity index (χ0) is 21.6. The number of aromatic nitrogens is 2. The number of nitrogens with one attached hydrogen (secondary N) is 1. The summed E-state index contributed by atoms with van der Waals surface area (Å²) in [4.78, 5) is 16.8. The van der Waals surface area contributed by atoms with Gasteiger partial charge in [-0.15, -0.1) is 0 Å². The van der Waals surface area contributed by atoms with Gasteiger partial charge in [-0.25, -0.2) is 4.98 Å².